The molecule has 0 bridgehead atoms. The van der Waals surface area contributed by atoms with E-state index >= 15 is 0 Å². The Balaban J connectivity index is 1.66. The number of nitrogens with one attached hydrogen (secondary N) is 1. The molecule has 0 amide bonds. The molecule has 3 nitrogen and oxygen atoms in total. The zero-order valence-corrected chi connectivity index (χ0v) is 11.4. The van der Waals surface area contributed by atoms with Gasteiger partial charge in [-0.25, -0.2) is 4.98 Å². The zero-order valence-electron chi connectivity index (χ0n) is 10.6. The highest BCUT2D eigenvalue weighted by Gasteiger charge is 2.01. The number of hydrogen-bond acceptors (Lipinski definition) is 4. The van der Waals surface area contributed by atoms with E-state index in [1.807, 2.05) is 30.6 Å². The molecule has 19 heavy (non-hydrogen) atoms. The molecule has 1 N–H and O–H groups in total. The van der Waals surface area contributed by atoms with Gasteiger partial charge in [0.15, 0.2) is 0 Å². The van der Waals surface area contributed by atoms with Gasteiger partial charge >= 0.3 is 0 Å². The van der Waals surface area contributed by atoms with Crippen molar-refractivity contribution in [1.29, 1.82) is 0 Å². The minimum atomic E-state index is 0.699. The number of aromatic nitrogens is 1. The van der Waals surface area contributed by atoms with Crippen LogP contribution < -0.4 is 5.32 Å². The predicted octanol–water partition coefficient (Wildman–Crippen LogP) is 4.32. The molecule has 0 radical (unpaired) electrons. The van der Waals surface area contributed by atoms with Crippen LogP contribution >= 0.6 is 11.3 Å². The van der Waals surface area contributed by atoms with E-state index in [-0.39, 0.29) is 0 Å². The highest BCUT2D eigenvalue weighted by Crippen LogP contribution is 2.23. The lowest BCUT2D eigenvalue weighted by Crippen LogP contribution is -1.97. The fourth-order valence-electron chi connectivity index (χ4n) is 1.87. The molecule has 0 unspecified atom stereocenters. The Morgan fingerprint density at radius 3 is 2.63 bits per heavy atom. The van der Waals surface area contributed by atoms with Crippen molar-refractivity contribution >= 4 is 17.0 Å². The summed E-state index contributed by atoms with van der Waals surface area (Å²) in [6.07, 6.45) is 1.82. The maximum atomic E-state index is 5.52. The molecule has 96 valence electrons. The Morgan fingerprint density at radius 1 is 1.16 bits per heavy atom. The first kappa shape index (κ1) is 12.0. The minimum Gasteiger partial charge on any atom is -0.465 e. The van der Waals surface area contributed by atoms with E-state index in [0.717, 1.165) is 27.8 Å². The fourth-order valence-corrected chi connectivity index (χ4v) is 2.51. The molecule has 3 aromatic rings. The standard InChI is InChI=1S/C15H14N2OS/c1-11-2-7-14(18-11)10-17-13-5-3-12(4-6-13)15-16-8-9-19-15/h2-9,17H,10H2,1H3. The van der Waals surface area contributed by atoms with Gasteiger partial charge in [-0.05, 0) is 43.3 Å². The van der Waals surface area contributed by atoms with Gasteiger partial charge in [-0.1, -0.05) is 0 Å². The number of rotatable bonds is 4. The average molecular weight is 270 g/mol. The second kappa shape index (κ2) is 5.28. The van der Waals surface area contributed by atoms with E-state index in [9.17, 15) is 0 Å². The minimum absolute atomic E-state index is 0.699. The SMILES string of the molecule is Cc1ccc(CNc2ccc(-c3nccs3)cc2)o1. The normalized spacial score (nSPS) is 10.6. The maximum absolute atomic E-state index is 5.52. The van der Waals surface area contributed by atoms with Crippen molar-refractivity contribution in [2.24, 2.45) is 0 Å². The molecule has 0 aliphatic carbocycles. The summed E-state index contributed by atoms with van der Waals surface area (Å²) in [7, 11) is 0. The summed E-state index contributed by atoms with van der Waals surface area (Å²) in [5, 5.41) is 6.37. The van der Waals surface area contributed by atoms with Crippen LogP contribution in [0.4, 0.5) is 5.69 Å². The number of nitrogens with zero attached hydrogens (tertiary/aromatic N) is 1. The van der Waals surface area contributed by atoms with Crippen LogP contribution in [0.5, 0.6) is 0 Å². The lowest BCUT2D eigenvalue weighted by Gasteiger charge is -2.05. The largest absolute Gasteiger partial charge is 0.465 e. The Labute approximate surface area is 115 Å². The molecule has 0 fully saturated rings. The number of hydrogen-bond donors (Lipinski definition) is 1. The van der Waals surface area contributed by atoms with E-state index < -0.39 is 0 Å². The second-order valence-electron chi connectivity index (χ2n) is 4.28. The smallest absolute Gasteiger partial charge is 0.123 e. The third-order valence-corrected chi connectivity index (χ3v) is 3.65. The first-order valence-corrected chi connectivity index (χ1v) is 6.98. The third-order valence-electron chi connectivity index (χ3n) is 2.83. The van der Waals surface area contributed by atoms with Crippen LogP contribution in [0.15, 0.2) is 52.4 Å². The molecule has 3 rings (SSSR count). The van der Waals surface area contributed by atoms with Gasteiger partial charge in [0.25, 0.3) is 0 Å². The Morgan fingerprint density at radius 2 is 2.00 bits per heavy atom. The van der Waals surface area contributed by atoms with Gasteiger partial charge in [0.1, 0.15) is 16.5 Å². The van der Waals surface area contributed by atoms with Crippen LogP contribution in [-0.2, 0) is 6.54 Å². The fraction of sp³-hybridized carbons (Fsp3) is 0.133. The molecule has 0 saturated heterocycles. The quantitative estimate of drug-likeness (QED) is 0.767. The van der Waals surface area contributed by atoms with Gasteiger partial charge in [0, 0.05) is 22.8 Å². The summed E-state index contributed by atoms with van der Waals surface area (Å²) in [6.45, 7) is 2.65. The lowest BCUT2D eigenvalue weighted by atomic mass is 10.2. The summed E-state index contributed by atoms with van der Waals surface area (Å²) in [4.78, 5) is 4.30. The van der Waals surface area contributed by atoms with Crippen LogP contribution in [0, 0.1) is 6.92 Å². The molecular weight excluding hydrogens is 256 g/mol. The number of thiazole rings is 1. The average Bonchev–Trinajstić information content (AvgIpc) is 3.08. The highest BCUT2D eigenvalue weighted by atomic mass is 32.1. The van der Waals surface area contributed by atoms with E-state index in [1.165, 1.54) is 0 Å². The molecule has 0 aliphatic rings. The van der Waals surface area contributed by atoms with Gasteiger partial charge in [0.05, 0.1) is 6.54 Å². The molecular formula is C15H14N2OS. The van der Waals surface area contributed by atoms with Crippen LogP contribution in [0.1, 0.15) is 11.5 Å². The van der Waals surface area contributed by atoms with Crippen molar-refractivity contribution in [2.75, 3.05) is 5.32 Å². The van der Waals surface area contributed by atoms with Crippen molar-refractivity contribution in [3.05, 3.63) is 59.5 Å². The van der Waals surface area contributed by atoms with E-state index in [2.05, 4.69) is 34.6 Å². The van der Waals surface area contributed by atoms with Crippen molar-refractivity contribution in [3.63, 3.8) is 0 Å². The Bertz CT molecular complexity index is 641. The predicted molar refractivity (Wildman–Crippen MR) is 78.3 cm³/mol. The maximum Gasteiger partial charge on any atom is 0.123 e. The molecule has 2 aromatic heterocycles. The summed E-state index contributed by atoms with van der Waals surface area (Å²) >= 11 is 1.65. The van der Waals surface area contributed by atoms with Gasteiger partial charge in [-0.15, -0.1) is 11.3 Å². The lowest BCUT2D eigenvalue weighted by molar-refractivity contribution is 0.490. The van der Waals surface area contributed by atoms with Gasteiger partial charge in [0.2, 0.25) is 0 Å². The van der Waals surface area contributed by atoms with E-state index in [4.69, 9.17) is 4.42 Å². The first-order chi connectivity index (χ1) is 9.31. The van der Waals surface area contributed by atoms with Gasteiger partial charge in [-0.3, -0.25) is 0 Å². The van der Waals surface area contributed by atoms with Crippen molar-refractivity contribution in [2.45, 2.75) is 13.5 Å². The zero-order chi connectivity index (χ0) is 13.1. The first-order valence-electron chi connectivity index (χ1n) is 6.10. The second-order valence-corrected chi connectivity index (χ2v) is 5.18. The molecule has 0 atom stereocenters. The van der Waals surface area contributed by atoms with Crippen LogP contribution in [-0.4, -0.2) is 4.98 Å². The third kappa shape index (κ3) is 2.85. The van der Waals surface area contributed by atoms with Crippen LogP contribution in [0.25, 0.3) is 10.6 Å². The monoisotopic (exact) mass is 270 g/mol. The number of benzene rings is 1. The molecule has 2 heterocycles. The topological polar surface area (TPSA) is 38.1 Å². The van der Waals surface area contributed by atoms with E-state index in [1.54, 1.807) is 11.3 Å². The molecule has 0 aliphatic heterocycles. The summed E-state index contributed by atoms with van der Waals surface area (Å²) < 4.78 is 5.52. The summed E-state index contributed by atoms with van der Waals surface area (Å²) in [5.74, 6) is 1.89. The van der Waals surface area contributed by atoms with Gasteiger partial charge < -0.3 is 9.73 Å². The van der Waals surface area contributed by atoms with Gasteiger partial charge in [-0.2, -0.15) is 0 Å². The van der Waals surface area contributed by atoms with Crippen LogP contribution in [0.3, 0.4) is 0 Å². The molecule has 0 spiro atoms. The molecule has 1 aromatic carbocycles. The Hall–Kier alpha value is -2.07. The van der Waals surface area contributed by atoms with E-state index in [0.29, 0.717) is 6.54 Å². The van der Waals surface area contributed by atoms with Crippen molar-refractivity contribution < 1.29 is 4.42 Å². The Kier molecular flexibility index (Phi) is 3.33. The van der Waals surface area contributed by atoms with Crippen LogP contribution in [0.2, 0.25) is 0 Å². The summed E-state index contributed by atoms with van der Waals surface area (Å²) in [6, 6.07) is 12.2. The summed E-state index contributed by atoms with van der Waals surface area (Å²) in [5.41, 5.74) is 2.23. The number of aryl methyl sites for hydroxylation is 1. The molecule has 4 heteroatoms. The highest BCUT2D eigenvalue weighted by molar-refractivity contribution is 7.13. The number of anilines is 1. The number of furan rings is 1. The molecule has 0 saturated carbocycles. The van der Waals surface area contributed by atoms with Crippen molar-refractivity contribution in [1.82, 2.24) is 4.98 Å². The van der Waals surface area contributed by atoms with Crippen molar-refractivity contribution in [3.8, 4) is 10.6 Å².